The second-order valence-electron chi connectivity index (χ2n) is 28.1. The van der Waals surface area contributed by atoms with Crippen LogP contribution in [0.5, 0.6) is 11.5 Å². The largest absolute Gasteiger partial charge is 0.530 e. The number of rotatable bonds is 33. The molecule has 5 aromatic carbocycles. The summed E-state index contributed by atoms with van der Waals surface area (Å²) in [6.07, 6.45) is -6.23. The van der Waals surface area contributed by atoms with E-state index in [-0.39, 0.29) is 125 Å². The maximum Gasteiger partial charge on any atom is 0.530 e. The number of imidazole rings is 2. The number of H-pyrrole nitrogens is 2. The Labute approximate surface area is 664 Å². The highest BCUT2D eigenvalue weighted by Crippen LogP contribution is 2.59. The Morgan fingerprint density at radius 2 is 1.18 bits per heavy atom. The zero-order valence-electron chi connectivity index (χ0n) is 62.6. The molecule has 33 nitrogen and oxygen atoms in total. The standard InChI is InChI=1S/C76H81Cl2N14O19P3/c1-43(2)71(93)86-75-85-70-67(74(96)87-75)83-42-91(70)64-32-57(107-112(101-31-19-30-79)92(44(3)4)45(5)6)61(105-64)38-102-113(98,108-55-28-17-15-26-53(55)77)111-59-34-65(90-41-82-66-68(80-40-81-69(66)90)84-73(95)47-20-9-8-10-21-47)106-62(59)39-103-114(99,109-56-29-18-16-27-54(56)78)110-58-33-63(89-35-46(7)72(94)88-76(89)97)104-60(58)37-100-36-52-50-24-13-11-22-48(50)49-23-12-14-25-51(49)52/h8-18,20-29,35,40-45,52,57-65H,19,31-34,36-39H2,1-7H3,(H,88,94,97)(H,80,81,84,95)(H2,85,86,87,93,96)/t57-,58-,59-,60+,61+,62+,63+,64+,65+,112?,113?,114?/m0/s1. The van der Waals surface area contributed by atoms with E-state index >= 15 is 9.13 Å². The van der Waals surface area contributed by atoms with Crippen molar-refractivity contribution in [2.45, 2.75) is 147 Å². The molecule has 3 fully saturated rings. The molecule has 0 radical (unpaired) electrons. The number of nitrogens with zero attached hydrogens (tertiary/aromatic N) is 10. The fraction of sp³-hybridized carbons (Fsp3) is 0.382. The number of fused-ring (bicyclic) bond motifs is 5. The molecule has 0 bridgehead atoms. The van der Waals surface area contributed by atoms with Gasteiger partial charge in [0.05, 0.1) is 74.3 Å². The quantitative estimate of drug-likeness (QED) is 0.0219. The zero-order chi connectivity index (χ0) is 80.1. The Bertz CT molecular complexity index is 5440. The molecule has 4 aliphatic rings. The van der Waals surface area contributed by atoms with Crippen molar-refractivity contribution < 1.29 is 73.9 Å². The molecule has 3 aliphatic heterocycles. The Balaban J connectivity index is 0.814. The van der Waals surface area contributed by atoms with Crippen LogP contribution in [0.25, 0.3) is 33.5 Å². The van der Waals surface area contributed by atoms with E-state index in [0.717, 1.165) is 22.3 Å². The van der Waals surface area contributed by atoms with Gasteiger partial charge in [-0.3, -0.25) is 66.3 Å². The summed E-state index contributed by atoms with van der Waals surface area (Å²) in [6.45, 7) is 11.2. The highest BCUT2D eigenvalue weighted by Gasteiger charge is 2.51. The molecular formula is C76H81Cl2N14O19P3. The summed E-state index contributed by atoms with van der Waals surface area (Å²) in [6, 6.07) is 38.5. The summed E-state index contributed by atoms with van der Waals surface area (Å²) in [4.78, 5) is 94.1. The minimum atomic E-state index is -5.23. The number of nitrogens with one attached hydrogen (secondary N) is 4. The van der Waals surface area contributed by atoms with Crippen molar-refractivity contribution in [2.75, 3.05) is 43.7 Å². The molecule has 38 heteroatoms. The summed E-state index contributed by atoms with van der Waals surface area (Å²) in [5.74, 6) is -2.00. The van der Waals surface area contributed by atoms with Gasteiger partial charge >= 0.3 is 21.3 Å². The van der Waals surface area contributed by atoms with Crippen LogP contribution < -0.4 is 36.5 Å². The number of aromatic amines is 2. The number of halogens is 2. The smallest absolute Gasteiger partial charge is 0.402 e. The van der Waals surface area contributed by atoms with Crippen molar-refractivity contribution in [2.24, 2.45) is 5.92 Å². The van der Waals surface area contributed by atoms with Gasteiger partial charge in [-0.05, 0) is 93.3 Å². The number of aromatic nitrogens is 10. The monoisotopic (exact) mass is 1660 g/mol. The van der Waals surface area contributed by atoms with Crippen LogP contribution in [0.1, 0.15) is 119 Å². The summed E-state index contributed by atoms with van der Waals surface area (Å²) >= 11 is 13.6. The number of para-hydroxylation sites is 2. The normalized spacial score (nSPS) is 21.5. The predicted octanol–water partition coefficient (Wildman–Crippen LogP) is 13.5. The van der Waals surface area contributed by atoms with Gasteiger partial charge in [-0.15, -0.1) is 0 Å². The molecule has 10 aromatic rings. The van der Waals surface area contributed by atoms with E-state index < -0.39 is 127 Å². The number of nitriles is 1. The van der Waals surface area contributed by atoms with Crippen molar-refractivity contribution in [3.05, 3.63) is 216 Å². The molecule has 8 heterocycles. The Kier molecular flexibility index (Phi) is 25.3. The van der Waals surface area contributed by atoms with Gasteiger partial charge in [-0.25, -0.2) is 38.5 Å². The molecule has 2 amide bonds. The number of hydrogen-bond donors (Lipinski definition) is 4. The Morgan fingerprint density at radius 1 is 0.640 bits per heavy atom. The fourth-order valence-corrected chi connectivity index (χ4v) is 18.9. The fourth-order valence-electron chi connectivity index (χ4n) is 13.8. The number of hydrogen-bond acceptors (Lipinski definition) is 26. The lowest BCUT2D eigenvalue weighted by Gasteiger charge is -2.37. The van der Waals surface area contributed by atoms with E-state index in [1.54, 1.807) is 68.4 Å². The Morgan fingerprint density at radius 3 is 1.76 bits per heavy atom. The van der Waals surface area contributed by atoms with Gasteiger partial charge in [0.25, 0.3) is 25.6 Å². The van der Waals surface area contributed by atoms with E-state index in [1.807, 2.05) is 68.8 Å². The van der Waals surface area contributed by atoms with Crippen LogP contribution in [0, 0.1) is 24.2 Å². The molecule has 4 N–H and O–H groups in total. The minimum Gasteiger partial charge on any atom is -0.402 e. The topological polar surface area (TPSA) is 392 Å². The molecule has 5 aromatic heterocycles. The van der Waals surface area contributed by atoms with E-state index in [4.69, 9.17) is 78.3 Å². The first kappa shape index (κ1) is 81.3. The first-order valence-corrected chi connectivity index (χ1v) is 41.6. The molecule has 0 spiro atoms. The van der Waals surface area contributed by atoms with Gasteiger partial charge in [0.1, 0.15) is 67.0 Å². The number of phosphoric acid groups is 2. The van der Waals surface area contributed by atoms with Crippen LogP contribution in [-0.4, -0.2) is 147 Å². The number of ether oxygens (including phenoxy) is 4. The number of benzene rings is 5. The summed E-state index contributed by atoms with van der Waals surface area (Å²) < 4.78 is 118. The summed E-state index contributed by atoms with van der Waals surface area (Å²) in [5, 5.41) is 15.1. The SMILES string of the molecule is Cc1cn([C@H]2C[C@H](OP(=O)(OC[C@H]3O[C@@H](n4cnc5c(NC(=O)c6ccccc6)ncnc54)C[C@@H]3OP(=O)(OC[C@H]3O[C@@H](n4cnc5c(=O)[nH]c(NC(=O)C(C)C)nc54)C[C@@H]3OP(OCCC#N)N(C(C)C)C(C)C)Oc3ccccc3Cl)Oc3ccccc3Cl)[C@@H](COCC3c4ccccc4-c4ccccc43)O2)c(=O)[nH]c1=O. The summed E-state index contributed by atoms with van der Waals surface area (Å²) in [7, 11) is -12.4. The molecule has 0 saturated carbocycles. The number of carbonyl (C=O) groups excluding carboxylic acids is 2. The molecule has 114 heavy (non-hydrogen) atoms. The molecule has 598 valence electrons. The maximum absolute atomic E-state index is 16.5. The van der Waals surface area contributed by atoms with Crippen molar-refractivity contribution in [3.63, 3.8) is 0 Å². The molecule has 14 rings (SSSR count). The van der Waals surface area contributed by atoms with E-state index in [0.29, 0.717) is 5.56 Å². The number of anilines is 2. The van der Waals surface area contributed by atoms with Gasteiger partial charge in [0.15, 0.2) is 28.1 Å². The number of carbonyl (C=O) groups is 2. The lowest BCUT2D eigenvalue weighted by atomic mass is 9.98. The molecule has 3 saturated heterocycles. The molecule has 1 aliphatic carbocycles. The van der Waals surface area contributed by atoms with Crippen molar-refractivity contribution in [3.8, 4) is 28.7 Å². The highest BCUT2D eigenvalue weighted by atomic mass is 35.5. The van der Waals surface area contributed by atoms with E-state index in [9.17, 15) is 29.2 Å². The van der Waals surface area contributed by atoms with Crippen molar-refractivity contribution >= 4 is 93.3 Å². The van der Waals surface area contributed by atoms with Crippen LogP contribution >= 0.6 is 47.4 Å². The number of aryl methyl sites for hydroxylation is 1. The van der Waals surface area contributed by atoms with Gasteiger partial charge in [-0.1, -0.05) is 128 Å². The third-order valence-corrected chi connectivity index (χ3v) is 24.9. The van der Waals surface area contributed by atoms with Crippen molar-refractivity contribution in [1.82, 2.24) is 53.3 Å². The summed E-state index contributed by atoms with van der Waals surface area (Å²) in [5.41, 5.74) is 2.90. The predicted molar refractivity (Wildman–Crippen MR) is 419 cm³/mol. The van der Waals surface area contributed by atoms with Gasteiger partial charge in [0.2, 0.25) is 11.9 Å². The molecule has 12 atom stereocenters. The maximum atomic E-state index is 16.5. The third-order valence-electron chi connectivity index (χ3n) is 19.3. The lowest BCUT2D eigenvalue weighted by molar-refractivity contribution is -0.119. The van der Waals surface area contributed by atoms with Crippen LogP contribution in [-0.2, 0) is 60.0 Å². The number of amides is 2. The first-order valence-electron chi connectivity index (χ1n) is 36.8. The Hall–Kier alpha value is -9.26. The molecule has 3 unspecified atom stereocenters. The van der Waals surface area contributed by atoms with E-state index in [1.165, 1.54) is 70.1 Å². The lowest BCUT2D eigenvalue weighted by Crippen LogP contribution is -2.36. The zero-order valence-corrected chi connectivity index (χ0v) is 66.8. The van der Waals surface area contributed by atoms with Crippen LogP contribution in [0.2, 0.25) is 10.0 Å². The second kappa shape index (κ2) is 35.5. The molecular weight excluding hydrogens is 1580 g/mol. The first-order chi connectivity index (χ1) is 54.9. The van der Waals surface area contributed by atoms with Gasteiger partial charge in [0, 0.05) is 60.5 Å². The van der Waals surface area contributed by atoms with Gasteiger partial charge in [-0.2, -0.15) is 10.2 Å². The van der Waals surface area contributed by atoms with E-state index in [2.05, 4.69) is 63.7 Å². The van der Waals surface area contributed by atoms with Crippen molar-refractivity contribution in [1.29, 1.82) is 5.26 Å². The third kappa shape index (κ3) is 18.2. The van der Waals surface area contributed by atoms with Gasteiger partial charge < -0.3 is 42.4 Å². The van der Waals surface area contributed by atoms with Crippen LogP contribution in [0.3, 0.4) is 0 Å². The average Bonchev–Trinajstić information content (AvgIpc) is 1.63. The number of phosphoric ester groups is 2. The van der Waals surface area contributed by atoms with Crippen LogP contribution in [0.15, 0.2) is 167 Å². The van der Waals surface area contributed by atoms with Crippen LogP contribution in [0.4, 0.5) is 11.8 Å². The highest BCUT2D eigenvalue weighted by molar-refractivity contribution is 7.49. The minimum absolute atomic E-state index is 0.00344. The average molecular weight is 1660 g/mol. The second-order valence-corrected chi connectivity index (χ2v) is 33.4.